The number of nitrogens with one attached hydrogen (secondary N) is 1. The van der Waals surface area contributed by atoms with E-state index >= 15 is 0 Å². The first-order valence-electron chi connectivity index (χ1n) is 7.43. The van der Waals surface area contributed by atoms with Crippen LogP contribution in [0, 0.1) is 0 Å². The van der Waals surface area contributed by atoms with Crippen molar-refractivity contribution >= 4 is 11.8 Å². The van der Waals surface area contributed by atoms with Gasteiger partial charge in [0.25, 0.3) is 0 Å². The number of anilines is 2. The first-order chi connectivity index (χ1) is 9.86. The Kier molecular flexibility index (Phi) is 4.32. The summed E-state index contributed by atoms with van der Waals surface area (Å²) in [6, 6.07) is 2.11. The highest BCUT2D eigenvalue weighted by Gasteiger charge is 2.22. The number of nitrogens with zero attached hydrogens (tertiary/aromatic N) is 3. The number of aromatic nitrogens is 2. The Hall–Kier alpha value is -1.40. The van der Waals surface area contributed by atoms with Crippen LogP contribution in [0.2, 0.25) is 0 Å². The molecule has 20 heavy (non-hydrogen) atoms. The SMILES string of the molecule is OCCNc1nc(C2CCOC2)cc(N2CCCC2)n1. The van der Waals surface area contributed by atoms with Gasteiger partial charge >= 0.3 is 0 Å². The Labute approximate surface area is 119 Å². The Morgan fingerprint density at radius 3 is 2.90 bits per heavy atom. The van der Waals surface area contributed by atoms with E-state index in [1.54, 1.807) is 0 Å². The molecule has 3 rings (SSSR count). The molecule has 2 saturated heterocycles. The Balaban J connectivity index is 1.85. The summed E-state index contributed by atoms with van der Waals surface area (Å²) in [6.45, 7) is 4.25. The standard InChI is InChI=1S/C14H22N4O2/c19-7-4-15-14-16-12(11-3-8-20-10-11)9-13(17-14)18-5-1-2-6-18/h9,11,19H,1-8,10H2,(H,15,16,17). The van der Waals surface area contributed by atoms with E-state index in [1.807, 2.05) is 0 Å². The first-order valence-corrected chi connectivity index (χ1v) is 7.43. The van der Waals surface area contributed by atoms with E-state index in [2.05, 4.69) is 26.3 Å². The van der Waals surface area contributed by atoms with Crippen LogP contribution in [0.1, 0.15) is 30.9 Å². The highest BCUT2D eigenvalue weighted by molar-refractivity contribution is 5.46. The molecule has 0 radical (unpaired) electrons. The van der Waals surface area contributed by atoms with E-state index in [-0.39, 0.29) is 6.61 Å². The molecule has 1 atom stereocenters. The molecule has 2 N–H and O–H groups in total. The molecule has 1 aromatic rings. The lowest BCUT2D eigenvalue weighted by Crippen LogP contribution is -2.21. The zero-order valence-corrected chi connectivity index (χ0v) is 11.7. The van der Waals surface area contributed by atoms with Crippen LogP contribution < -0.4 is 10.2 Å². The summed E-state index contributed by atoms with van der Waals surface area (Å²) in [5.41, 5.74) is 1.06. The topological polar surface area (TPSA) is 70.5 Å². The van der Waals surface area contributed by atoms with Gasteiger partial charge in [-0.05, 0) is 19.3 Å². The largest absolute Gasteiger partial charge is 0.395 e. The number of hydrogen-bond donors (Lipinski definition) is 2. The summed E-state index contributed by atoms with van der Waals surface area (Å²) in [5.74, 6) is 1.99. The molecule has 6 nitrogen and oxygen atoms in total. The first kappa shape index (κ1) is 13.6. The highest BCUT2D eigenvalue weighted by atomic mass is 16.5. The monoisotopic (exact) mass is 278 g/mol. The smallest absolute Gasteiger partial charge is 0.224 e. The molecule has 2 aliphatic heterocycles. The van der Waals surface area contributed by atoms with Crippen LogP contribution in [0.15, 0.2) is 6.07 Å². The minimum atomic E-state index is 0.0825. The van der Waals surface area contributed by atoms with Gasteiger partial charge in [0.2, 0.25) is 5.95 Å². The highest BCUT2D eigenvalue weighted by Crippen LogP contribution is 2.28. The van der Waals surface area contributed by atoms with Crippen molar-refractivity contribution in [3.63, 3.8) is 0 Å². The number of aliphatic hydroxyl groups excluding tert-OH is 1. The number of hydrogen-bond acceptors (Lipinski definition) is 6. The van der Waals surface area contributed by atoms with Crippen LogP contribution in [-0.2, 0) is 4.74 Å². The van der Waals surface area contributed by atoms with Crippen molar-refractivity contribution in [1.82, 2.24) is 9.97 Å². The van der Waals surface area contributed by atoms with E-state index in [9.17, 15) is 0 Å². The minimum absolute atomic E-state index is 0.0825. The quantitative estimate of drug-likeness (QED) is 0.837. The molecular weight excluding hydrogens is 256 g/mol. The normalized spacial score (nSPS) is 22.4. The van der Waals surface area contributed by atoms with Crippen LogP contribution in [-0.4, -0.2) is 54.5 Å². The molecule has 0 spiro atoms. The van der Waals surface area contributed by atoms with Crippen LogP contribution >= 0.6 is 0 Å². The van der Waals surface area contributed by atoms with E-state index in [4.69, 9.17) is 9.84 Å². The number of ether oxygens (including phenoxy) is 1. The van der Waals surface area contributed by atoms with Gasteiger partial charge in [0.1, 0.15) is 5.82 Å². The van der Waals surface area contributed by atoms with Gasteiger partial charge in [0.05, 0.1) is 18.9 Å². The van der Waals surface area contributed by atoms with Crippen LogP contribution in [0.4, 0.5) is 11.8 Å². The van der Waals surface area contributed by atoms with Gasteiger partial charge in [-0.3, -0.25) is 0 Å². The van der Waals surface area contributed by atoms with Gasteiger partial charge in [0.15, 0.2) is 0 Å². The molecule has 2 aliphatic rings. The van der Waals surface area contributed by atoms with Gasteiger partial charge < -0.3 is 20.1 Å². The van der Waals surface area contributed by atoms with Crippen LogP contribution in [0.25, 0.3) is 0 Å². The lowest BCUT2D eigenvalue weighted by molar-refractivity contribution is 0.193. The van der Waals surface area contributed by atoms with Gasteiger partial charge in [-0.1, -0.05) is 0 Å². The van der Waals surface area contributed by atoms with Crippen molar-refractivity contribution in [2.75, 3.05) is 49.7 Å². The van der Waals surface area contributed by atoms with Crippen molar-refractivity contribution in [1.29, 1.82) is 0 Å². The van der Waals surface area contributed by atoms with E-state index in [0.29, 0.717) is 18.4 Å². The molecule has 6 heteroatoms. The molecule has 1 unspecified atom stereocenters. The fourth-order valence-electron chi connectivity index (χ4n) is 2.78. The van der Waals surface area contributed by atoms with Crippen molar-refractivity contribution in [2.24, 2.45) is 0 Å². The lowest BCUT2D eigenvalue weighted by atomic mass is 10.0. The van der Waals surface area contributed by atoms with Gasteiger partial charge in [0, 0.05) is 38.2 Å². The zero-order valence-electron chi connectivity index (χ0n) is 11.7. The molecule has 2 fully saturated rings. The van der Waals surface area contributed by atoms with Crippen molar-refractivity contribution in [3.05, 3.63) is 11.8 Å². The maximum absolute atomic E-state index is 8.94. The average Bonchev–Trinajstić information content (AvgIpc) is 3.17. The number of rotatable bonds is 5. The summed E-state index contributed by atoms with van der Waals surface area (Å²) in [5, 5.41) is 12.0. The van der Waals surface area contributed by atoms with Crippen LogP contribution in [0.5, 0.6) is 0 Å². The summed E-state index contributed by atoms with van der Waals surface area (Å²) in [4.78, 5) is 11.5. The molecule has 0 saturated carbocycles. The van der Waals surface area contributed by atoms with Crippen molar-refractivity contribution in [2.45, 2.75) is 25.2 Å². The third-order valence-electron chi connectivity index (χ3n) is 3.91. The van der Waals surface area contributed by atoms with Gasteiger partial charge in [-0.25, -0.2) is 4.98 Å². The second-order valence-corrected chi connectivity index (χ2v) is 5.38. The molecule has 0 bridgehead atoms. The lowest BCUT2D eigenvalue weighted by Gasteiger charge is -2.19. The zero-order chi connectivity index (χ0) is 13.8. The number of aliphatic hydroxyl groups is 1. The fourth-order valence-corrected chi connectivity index (χ4v) is 2.78. The second-order valence-electron chi connectivity index (χ2n) is 5.38. The molecular formula is C14H22N4O2. The summed E-state index contributed by atoms with van der Waals surface area (Å²) < 4.78 is 5.46. The third-order valence-corrected chi connectivity index (χ3v) is 3.91. The average molecular weight is 278 g/mol. The molecule has 110 valence electrons. The van der Waals surface area contributed by atoms with Crippen molar-refractivity contribution in [3.8, 4) is 0 Å². The van der Waals surface area contributed by atoms with E-state index < -0.39 is 0 Å². The van der Waals surface area contributed by atoms with Gasteiger partial charge in [-0.2, -0.15) is 4.98 Å². The summed E-state index contributed by atoms with van der Waals surface area (Å²) >= 11 is 0. The molecule has 0 amide bonds. The molecule has 3 heterocycles. The summed E-state index contributed by atoms with van der Waals surface area (Å²) in [7, 11) is 0. The van der Waals surface area contributed by atoms with Gasteiger partial charge in [-0.15, -0.1) is 0 Å². The third kappa shape index (κ3) is 3.02. The Morgan fingerprint density at radius 2 is 2.20 bits per heavy atom. The fraction of sp³-hybridized carbons (Fsp3) is 0.714. The van der Waals surface area contributed by atoms with E-state index in [0.717, 1.165) is 44.2 Å². The maximum atomic E-state index is 8.94. The second kappa shape index (κ2) is 6.37. The minimum Gasteiger partial charge on any atom is -0.395 e. The van der Waals surface area contributed by atoms with Crippen molar-refractivity contribution < 1.29 is 9.84 Å². The predicted molar refractivity (Wildman–Crippen MR) is 77.2 cm³/mol. The molecule has 1 aromatic heterocycles. The van der Waals surface area contributed by atoms with E-state index in [1.165, 1.54) is 12.8 Å². The molecule has 0 aliphatic carbocycles. The Morgan fingerprint density at radius 1 is 1.35 bits per heavy atom. The Bertz CT molecular complexity index is 409. The predicted octanol–water partition coefficient (Wildman–Crippen LogP) is 0.985. The maximum Gasteiger partial charge on any atom is 0.224 e. The summed E-state index contributed by atoms with van der Waals surface area (Å²) in [6.07, 6.45) is 3.48. The van der Waals surface area contributed by atoms with Crippen LogP contribution in [0.3, 0.4) is 0 Å². The molecule has 0 aromatic carbocycles.